The Bertz CT molecular complexity index is 854. The summed E-state index contributed by atoms with van der Waals surface area (Å²) in [6.45, 7) is 12.5. The van der Waals surface area contributed by atoms with E-state index in [4.69, 9.17) is 11.3 Å². The zero-order valence-corrected chi connectivity index (χ0v) is 17.1. The van der Waals surface area contributed by atoms with E-state index in [1.54, 1.807) is 19.1 Å². The number of anilines is 1. The van der Waals surface area contributed by atoms with Gasteiger partial charge in [-0.1, -0.05) is 49.7 Å². The minimum Gasteiger partial charge on any atom is -0.464 e. The summed E-state index contributed by atoms with van der Waals surface area (Å²) in [5.41, 5.74) is 3.52. The van der Waals surface area contributed by atoms with Crippen molar-refractivity contribution < 1.29 is 14.3 Å². The fourth-order valence-electron chi connectivity index (χ4n) is 3.11. The van der Waals surface area contributed by atoms with Gasteiger partial charge in [-0.05, 0) is 36.6 Å². The first kappa shape index (κ1) is 22.0. The molecule has 0 spiro atoms. The average molecular weight is 393 g/mol. The SMILES string of the molecule is [C-]#[N+]c1ccc(-c2ccc(NC(CCC)C(NC(C)=O)C(=O)OCC)cc2)cc1. The third kappa shape index (κ3) is 6.35. The van der Waals surface area contributed by atoms with Crippen LogP contribution in [0.15, 0.2) is 48.5 Å². The van der Waals surface area contributed by atoms with E-state index in [9.17, 15) is 9.59 Å². The molecular weight excluding hydrogens is 366 g/mol. The van der Waals surface area contributed by atoms with Crippen molar-refractivity contribution in [3.63, 3.8) is 0 Å². The molecule has 0 aliphatic carbocycles. The van der Waals surface area contributed by atoms with Gasteiger partial charge in [0.15, 0.2) is 5.69 Å². The quantitative estimate of drug-likeness (QED) is 0.484. The molecule has 0 bridgehead atoms. The van der Waals surface area contributed by atoms with Crippen LogP contribution >= 0.6 is 0 Å². The molecule has 2 aromatic carbocycles. The van der Waals surface area contributed by atoms with Crippen LogP contribution in [0.1, 0.15) is 33.6 Å². The fraction of sp³-hybridized carbons (Fsp3) is 0.348. The van der Waals surface area contributed by atoms with E-state index in [1.165, 1.54) is 6.92 Å². The van der Waals surface area contributed by atoms with E-state index in [-0.39, 0.29) is 18.6 Å². The largest absolute Gasteiger partial charge is 0.464 e. The summed E-state index contributed by atoms with van der Waals surface area (Å²) in [7, 11) is 0. The molecule has 0 radical (unpaired) electrons. The smallest absolute Gasteiger partial charge is 0.330 e. The number of nitrogens with one attached hydrogen (secondary N) is 2. The summed E-state index contributed by atoms with van der Waals surface area (Å²) in [5.74, 6) is -0.714. The van der Waals surface area contributed by atoms with Crippen molar-refractivity contribution in [2.45, 2.75) is 45.7 Å². The fourth-order valence-corrected chi connectivity index (χ4v) is 3.11. The molecule has 2 atom stereocenters. The molecule has 2 unspecified atom stereocenters. The van der Waals surface area contributed by atoms with Gasteiger partial charge in [0.05, 0.1) is 19.2 Å². The lowest BCUT2D eigenvalue weighted by Crippen LogP contribution is -2.51. The summed E-state index contributed by atoms with van der Waals surface area (Å²) in [4.78, 5) is 27.4. The van der Waals surface area contributed by atoms with E-state index in [0.717, 1.165) is 23.2 Å². The average Bonchev–Trinajstić information content (AvgIpc) is 2.72. The number of carbonyl (C=O) groups excluding carboxylic acids is 2. The summed E-state index contributed by atoms with van der Waals surface area (Å²) < 4.78 is 5.15. The maximum absolute atomic E-state index is 12.4. The number of benzene rings is 2. The van der Waals surface area contributed by atoms with E-state index in [1.807, 2.05) is 43.3 Å². The number of esters is 1. The van der Waals surface area contributed by atoms with Gasteiger partial charge in [0, 0.05) is 12.6 Å². The van der Waals surface area contributed by atoms with Crippen LogP contribution in [-0.4, -0.2) is 30.6 Å². The molecule has 1 amide bonds. The maximum Gasteiger partial charge on any atom is 0.330 e. The van der Waals surface area contributed by atoms with Gasteiger partial charge in [0.2, 0.25) is 5.91 Å². The molecule has 2 aromatic rings. The molecule has 2 rings (SSSR count). The van der Waals surface area contributed by atoms with Gasteiger partial charge >= 0.3 is 5.97 Å². The number of rotatable bonds is 9. The minimum absolute atomic E-state index is 0.259. The highest BCUT2D eigenvalue weighted by Gasteiger charge is 2.30. The van der Waals surface area contributed by atoms with Crippen LogP contribution in [0.2, 0.25) is 0 Å². The Morgan fingerprint density at radius 3 is 2.10 bits per heavy atom. The first-order chi connectivity index (χ1) is 14.0. The molecule has 6 heteroatoms. The standard InChI is InChI=1S/C23H27N3O3/c1-5-7-21(22(25-16(3)27)23(28)29-6-2)26-20-14-10-18(11-15-20)17-8-12-19(24-4)13-9-17/h8-15,21-22,26H,5-7H2,1-3H3,(H,25,27). The number of amides is 1. The van der Waals surface area contributed by atoms with Gasteiger partial charge < -0.3 is 15.4 Å². The molecule has 0 saturated heterocycles. The lowest BCUT2D eigenvalue weighted by atomic mass is 10.0. The first-order valence-electron chi connectivity index (χ1n) is 9.76. The second-order valence-electron chi connectivity index (χ2n) is 6.71. The van der Waals surface area contributed by atoms with Crippen LogP contribution in [-0.2, 0) is 14.3 Å². The van der Waals surface area contributed by atoms with Crippen molar-refractivity contribution in [2.75, 3.05) is 11.9 Å². The number of nitrogens with zero attached hydrogens (tertiary/aromatic N) is 1. The summed E-state index contributed by atoms with van der Waals surface area (Å²) >= 11 is 0. The molecule has 6 nitrogen and oxygen atoms in total. The van der Waals surface area contributed by atoms with Crippen LogP contribution in [0.25, 0.3) is 16.0 Å². The van der Waals surface area contributed by atoms with Crippen LogP contribution in [0.5, 0.6) is 0 Å². The van der Waals surface area contributed by atoms with Crippen LogP contribution in [0.4, 0.5) is 11.4 Å². The summed E-state index contributed by atoms with van der Waals surface area (Å²) in [6.07, 6.45) is 1.54. The Kier molecular flexibility index (Phi) is 8.23. The Morgan fingerprint density at radius 1 is 1.03 bits per heavy atom. The van der Waals surface area contributed by atoms with E-state index in [2.05, 4.69) is 15.5 Å². The molecule has 29 heavy (non-hydrogen) atoms. The van der Waals surface area contributed by atoms with E-state index < -0.39 is 12.0 Å². The lowest BCUT2D eigenvalue weighted by molar-refractivity contribution is -0.147. The van der Waals surface area contributed by atoms with Crippen molar-refractivity contribution >= 4 is 23.3 Å². The Balaban J connectivity index is 2.18. The van der Waals surface area contributed by atoms with Crippen molar-refractivity contribution in [1.29, 1.82) is 0 Å². The second-order valence-corrected chi connectivity index (χ2v) is 6.71. The van der Waals surface area contributed by atoms with E-state index in [0.29, 0.717) is 12.1 Å². The topological polar surface area (TPSA) is 71.8 Å². The molecule has 2 N–H and O–H groups in total. The van der Waals surface area contributed by atoms with Gasteiger partial charge in [-0.25, -0.2) is 9.64 Å². The molecule has 0 fully saturated rings. The third-order valence-corrected chi connectivity index (χ3v) is 4.47. The minimum atomic E-state index is -0.756. The molecule has 0 heterocycles. The maximum atomic E-state index is 12.4. The molecule has 0 aromatic heterocycles. The summed E-state index contributed by atoms with van der Waals surface area (Å²) in [6, 6.07) is 14.2. The molecule has 152 valence electrons. The first-order valence-corrected chi connectivity index (χ1v) is 9.76. The predicted octanol–water partition coefficient (Wildman–Crippen LogP) is 4.55. The lowest BCUT2D eigenvalue weighted by Gasteiger charge is -2.27. The van der Waals surface area contributed by atoms with Gasteiger partial charge in [0.1, 0.15) is 6.04 Å². The van der Waals surface area contributed by atoms with Crippen molar-refractivity contribution in [3.8, 4) is 11.1 Å². The van der Waals surface area contributed by atoms with Crippen LogP contribution in [0, 0.1) is 6.57 Å². The predicted molar refractivity (Wildman–Crippen MR) is 115 cm³/mol. The second kappa shape index (κ2) is 10.9. The highest BCUT2D eigenvalue weighted by atomic mass is 16.5. The number of carbonyl (C=O) groups is 2. The van der Waals surface area contributed by atoms with Crippen molar-refractivity contribution in [1.82, 2.24) is 5.32 Å². The molecule has 0 aliphatic heterocycles. The monoisotopic (exact) mass is 393 g/mol. The third-order valence-electron chi connectivity index (χ3n) is 4.47. The number of hydrogen-bond acceptors (Lipinski definition) is 4. The van der Waals surface area contributed by atoms with Crippen LogP contribution < -0.4 is 10.6 Å². The Morgan fingerprint density at radius 2 is 1.62 bits per heavy atom. The number of ether oxygens (including phenoxy) is 1. The van der Waals surface area contributed by atoms with Crippen molar-refractivity contribution in [3.05, 3.63) is 59.9 Å². The normalized spacial score (nSPS) is 12.3. The Labute approximate surface area is 172 Å². The number of hydrogen-bond donors (Lipinski definition) is 2. The van der Waals surface area contributed by atoms with Gasteiger partial charge in [0.25, 0.3) is 0 Å². The highest BCUT2D eigenvalue weighted by molar-refractivity contribution is 5.84. The Hall–Kier alpha value is -3.33. The molecular formula is C23H27N3O3. The molecule has 0 saturated carbocycles. The van der Waals surface area contributed by atoms with Gasteiger partial charge in [-0.2, -0.15) is 0 Å². The van der Waals surface area contributed by atoms with Crippen LogP contribution in [0.3, 0.4) is 0 Å². The van der Waals surface area contributed by atoms with Gasteiger partial charge in [-0.3, -0.25) is 4.79 Å². The zero-order valence-electron chi connectivity index (χ0n) is 17.1. The zero-order chi connectivity index (χ0) is 21.2. The van der Waals surface area contributed by atoms with E-state index >= 15 is 0 Å². The highest BCUT2D eigenvalue weighted by Crippen LogP contribution is 2.25. The van der Waals surface area contributed by atoms with Crippen molar-refractivity contribution in [2.24, 2.45) is 0 Å². The van der Waals surface area contributed by atoms with Gasteiger partial charge in [-0.15, -0.1) is 0 Å². The molecule has 0 aliphatic rings. The summed E-state index contributed by atoms with van der Waals surface area (Å²) in [5, 5.41) is 6.08.